The van der Waals surface area contributed by atoms with Gasteiger partial charge in [-0.1, -0.05) is 23.8 Å². The van der Waals surface area contributed by atoms with E-state index in [0.29, 0.717) is 37.2 Å². The molecule has 0 amide bonds. The molecular formula is C24H28N2O4S2. The summed E-state index contributed by atoms with van der Waals surface area (Å²) in [7, 11) is -0.0136. The van der Waals surface area contributed by atoms with Gasteiger partial charge in [-0.2, -0.15) is 0 Å². The summed E-state index contributed by atoms with van der Waals surface area (Å²) in [5, 5.41) is 2.66. The highest BCUT2D eigenvalue weighted by Crippen LogP contribution is 2.31. The van der Waals surface area contributed by atoms with Crippen molar-refractivity contribution in [2.45, 2.75) is 36.3 Å². The van der Waals surface area contributed by atoms with E-state index >= 15 is 0 Å². The van der Waals surface area contributed by atoms with Gasteiger partial charge >= 0.3 is 0 Å². The summed E-state index contributed by atoms with van der Waals surface area (Å²) in [5.74, 6) is 1.54. The molecule has 8 heteroatoms. The standard InChI is InChI=1S/C24H28N2O4S2/c1-17-4-8-21(9-5-17)32(27,28)22-10-12-26(13-11-22)24-25-19(16-31-24)14-18-6-7-20(29-2)15-23(18)30-3/h4-9,15-16,22H,10-14H2,1-3H3. The van der Waals surface area contributed by atoms with Gasteiger partial charge in [0.2, 0.25) is 0 Å². The van der Waals surface area contributed by atoms with E-state index in [1.165, 1.54) is 0 Å². The van der Waals surface area contributed by atoms with Crippen LogP contribution in [0.2, 0.25) is 0 Å². The van der Waals surface area contributed by atoms with Crippen LogP contribution in [0.3, 0.4) is 0 Å². The minimum Gasteiger partial charge on any atom is -0.497 e. The fraction of sp³-hybridized carbons (Fsp3) is 0.375. The Labute approximate surface area is 193 Å². The fourth-order valence-electron chi connectivity index (χ4n) is 3.99. The summed E-state index contributed by atoms with van der Waals surface area (Å²) >= 11 is 1.60. The third-order valence-corrected chi connectivity index (χ3v) is 9.13. The minimum atomic E-state index is -3.30. The Balaban J connectivity index is 1.41. The second-order valence-corrected chi connectivity index (χ2v) is 11.1. The second-order valence-electron chi connectivity index (χ2n) is 8.02. The van der Waals surface area contributed by atoms with Crippen molar-refractivity contribution in [3.8, 4) is 11.5 Å². The Kier molecular flexibility index (Phi) is 6.71. The predicted molar refractivity (Wildman–Crippen MR) is 128 cm³/mol. The first kappa shape index (κ1) is 22.6. The van der Waals surface area contributed by atoms with Crippen LogP contribution in [0.4, 0.5) is 5.13 Å². The topological polar surface area (TPSA) is 68.7 Å². The molecule has 1 aliphatic heterocycles. The molecule has 3 aromatic rings. The summed E-state index contributed by atoms with van der Waals surface area (Å²) in [5.41, 5.74) is 3.08. The summed E-state index contributed by atoms with van der Waals surface area (Å²) < 4.78 is 36.8. The normalized spacial score (nSPS) is 15.0. The maximum atomic E-state index is 13.0. The number of piperidine rings is 1. The van der Waals surface area contributed by atoms with Crippen LogP contribution < -0.4 is 14.4 Å². The minimum absolute atomic E-state index is 0.343. The van der Waals surface area contributed by atoms with E-state index in [1.54, 1.807) is 37.7 Å². The van der Waals surface area contributed by atoms with Gasteiger partial charge in [-0.3, -0.25) is 0 Å². The third-order valence-electron chi connectivity index (χ3n) is 5.91. The van der Waals surface area contributed by atoms with Gasteiger partial charge in [0.1, 0.15) is 11.5 Å². The second kappa shape index (κ2) is 9.50. The molecule has 0 aliphatic carbocycles. The Morgan fingerprint density at radius 1 is 1.06 bits per heavy atom. The fourth-order valence-corrected chi connectivity index (χ4v) is 6.60. The zero-order chi connectivity index (χ0) is 22.7. The number of hydrogen-bond acceptors (Lipinski definition) is 7. The number of sulfone groups is 1. The first-order chi connectivity index (χ1) is 15.4. The van der Waals surface area contributed by atoms with E-state index in [-0.39, 0.29) is 5.25 Å². The zero-order valence-electron chi connectivity index (χ0n) is 18.6. The number of methoxy groups -OCH3 is 2. The number of ether oxygens (including phenoxy) is 2. The van der Waals surface area contributed by atoms with Crippen LogP contribution in [0, 0.1) is 6.92 Å². The monoisotopic (exact) mass is 472 g/mol. The molecule has 2 aromatic carbocycles. The zero-order valence-corrected chi connectivity index (χ0v) is 20.2. The van der Waals surface area contributed by atoms with Crippen LogP contribution >= 0.6 is 11.3 Å². The Bertz CT molecular complexity index is 1160. The molecule has 0 N–H and O–H groups in total. The smallest absolute Gasteiger partial charge is 0.185 e. The SMILES string of the molecule is COc1ccc(Cc2csc(N3CCC(S(=O)(=O)c4ccc(C)cc4)CC3)n2)c(OC)c1. The lowest BCUT2D eigenvalue weighted by Gasteiger charge is -2.31. The quantitative estimate of drug-likeness (QED) is 0.504. The van der Waals surface area contributed by atoms with Gasteiger partial charge in [-0.25, -0.2) is 13.4 Å². The molecule has 1 fully saturated rings. The largest absolute Gasteiger partial charge is 0.497 e. The van der Waals surface area contributed by atoms with Gasteiger partial charge in [-0.15, -0.1) is 11.3 Å². The van der Waals surface area contributed by atoms with E-state index in [2.05, 4.69) is 10.3 Å². The molecule has 1 aromatic heterocycles. The molecule has 1 saturated heterocycles. The molecule has 32 heavy (non-hydrogen) atoms. The van der Waals surface area contributed by atoms with Crippen LogP contribution in [0.5, 0.6) is 11.5 Å². The Hall–Kier alpha value is -2.58. The van der Waals surface area contributed by atoms with E-state index in [1.807, 2.05) is 37.3 Å². The van der Waals surface area contributed by atoms with Crippen molar-refractivity contribution < 1.29 is 17.9 Å². The van der Waals surface area contributed by atoms with Gasteiger partial charge in [-0.05, 0) is 38.0 Å². The van der Waals surface area contributed by atoms with Crippen molar-refractivity contribution in [3.05, 3.63) is 64.7 Å². The van der Waals surface area contributed by atoms with Gasteiger partial charge < -0.3 is 14.4 Å². The molecular weight excluding hydrogens is 444 g/mol. The number of aryl methyl sites for hydroxylation is 1. The van der Waals surface area contributed by atoms with Gasteiger partial charge in [0, 0.05) is 36.5 Å². The Morgan fingerprint density at radius 3 is 2.44 bits per heavy atom. The number of aromatic nitrogens is 1. The first-order valence-corrected chi connectivity index (χ1v) is 13.0. The van der Waals surface area contributed by atoms with Crippen molar-refractivity contribution in [1.82, 2.24) is 4.98 Å². The molecule has 0 spiro atoms. The molecule has 0 radical (unpaired) electrons. The highest BCUT2D eigenvalue weighted by atomic mass is 32.2. The van der Waals surface area contributed by atoms with E-state index < -0.39 is 9.84 Å². The van der Waals surface area contributed by atoms with Crippen LogP contribution in [-0.4, -0.2) is 46.0 Å². The summed E-state index contributed by atoms with van der Waals surface area (Å²) in [4.78, 5) is 7.43. The van der Waals surface area contributed by atoms with Crippen LogP contribution in [0.15, 0.2) is 52.7 Å². The third kappa shape index (κ3) is 4.76. The van der Waals surface area contributed by atoms with Crippen molar-refractivity contribution in [3.63, 3.8) is 0 Å². The Morgan fingerprint density at radius 2 is 1.78 bits per heavy atom. The lowest BCUT2D eigenvalue weighted by Crippen LogP contribution is -2.39. The highest BCUT2D eigenvalue weighted by Gasteiger charge is 2.32. The van der Waals surface area contributed by atoms with Gasteiger partial charge in [0.05, 0.1) is 30.1 Å². The summed E-state index contributed by atoms with van der Waals surface area (Å²) in [6.45, 7) is 3.34. The van der Waals surface area contributed by atoms with Crippen molar-refractivity contribution >= 4 is 26.3 Å². The van der Waals surface area contributed by atoms with E-state index in [0.717, 1.165) is 33.5 Å². The summed E-state index contributed by atoms with van der Waals surface area (Å²) in [6.07, 6.45) is 1.89. The van der Waals surface area contributed by atoms with Crippen LogP contribution in [0.1, 0.15) is 29.7 Å². The molecule has 0 saturated carbocycles. The van der Waals surface area contributed by atoms with Crippen LogP contribution in [-0.2, 0) is 16.3 Å². The predicted octanol–water partition coefficient (Wildman–Crippen LogP) is 4.50. The van der Waals surface area contributed by atoms with Gasteiger partial charge in [0.15, 0.2) is 15.0 Å². The molecule has 0 unspecified atom stereocenters. The number of anilines is 1. The number of benzene rings is 2. The summed E-state index contributed by atoms with van der Waals surface area (Å²) in [6, 6.07) is 13.0. The lowest BCUT2D eigenvalue weighted by molar-refractivity contribution is 0.391. The molecule has 4 rings (SSSR count). The first-order valence-electron chi connectivity index (χ1n) is 10.6. The molecule has 170 valence electrons. The lowest BCUT2D eigenvalue weighted by atomic mass is 10.1. The van der Waals surface area contributed by atoms with E-state index in [4.69, 9.17) is 14.5 Å². The van der Waals surface area contributed by atoms with Crippen molar-refractivity contribution in [1.29, 1.82) is 0 Å². The number of thiazole rings is 1. The van der Waals surface area contributed by atoms with Gasteiger partial charge in [0.25, 0.3) is 0 Å². The maximum absolute atomic E-state index is 13.0. The highest BCUT2D eigenvalue weighted by molar-refractivity contribution is 7.92. The average Bonchev–Trinajstić information content (AvgIpc) is 3.28. The molecule has 0 atom stereocenters. The van der Waals surface area contributed by atoms with Crippen LogP contribution in [0.25, 0.3) is 0 Å². The molecule has 2 heterocycles. The van der Waals surface area contributed by atoms with Crippen molar-refractivity contribution in [2.24, 2.45) is 0 Å². The molecule has 0 bridgehead atoms. The number of rotatable bonds is 7. The molecule has 1 aliphatic rings. The maximum Gasteiger partial charge on any atom is 0.185 e. The van der Waals surface area contributed by atoms with Crippen molar-refractivity contribution in [2.75, 3.05) is 32.2 Å². The molecule has 6 nitrogen and oxygen atoms in total. The number of nitrogens with zero attached hydrogens (tertiary/aromatic N) is 2. The van der Waals surface area contributed by atoms with E-state index in [9.17, 15) is 8.42 Å². The number of hydrogen-bond donors (Lipinski definition) is 0. The average molecular weight is 473 g/mol.